The minimum atomic E-state index is -0.666. The molecule has 0 bridgehead atoms. The van der Waals surface area contributed by atoms with Gasteiger partial charge in [0.25, 0.3) is 0 Å². The molecule has 0 radical (unpaired) electrons. The van der Waals surface area contributed by atoms with Crippen LogP contribution in [0.1, 0.15) is 40.5 Å². The van der Waals surface area contributed by atoms with Gasteiger partial charge in [-0.25, -0.2) is 0 Å². The normalized spacial score (nSPS) is 20.3. The van der Waals surface area contributed by atoms with E-state index in [1.165, 1.54) is 21.6 Å². The molecular formula is C19H23NO2S. The highest BCUT2D eigenvalue weighted by Crippen LogP contribution is 2.37. The average Bonchev–Trinajstić information content (AvgIpc) is 2.94. The van der Waals surface area contributed by atoms with Crippen molar-refractivity contribution >= 4 is 17.3 Å². The Labute approximate surface area is 141 Å². The standard InChI is InChI=1S/C19H23NO2S/c1-13-5-3-6-15(11-13)17(18-14(2)8-10-23-18)20-9-4-7-16(12-20)19(21)22/h3,5-6,8,10-11,16-17H,4,7,9,12H2,1-2H3,(H,21,22). The van der Waals surface area contributed by atoms with Crippen molar-refractivity contribution in [3.63, 3.8) is 0 Å². The summed E-state index contributed by atoms with van der Waals surface area (Å²) < 4.78 is 0. The molecule has 0 amide bonds. The maximum absolute atomic E-state index is 11.4. The second kappa shape index (κ2) is 6.85. The first-order valence-corrected chi connectivity index (χ1v) is 9.01. The molecule has 122 valence electrons. The Balaban J connectivity index is 1.99. The molecule has 1 aromatic heterocycles. The summed E-state index contributed by atoms with van der Waals surface area (Å²) >= 11 is 1.77. The third-order valence-corrected chi connectivity index (χ3v) is 5.75. The summed E-state index contributed by atoms with van der Waals surface area (Å²) in [5.74, 6) is -0.920. The van der Waals surface area contributed by atoms with E-state index in [4.69, 9.17) is 0 Å². The molecule has 2 unspecified atom stereocenters. The number of aliphatic carboxylic acids is 1. The average molecular weight is 329 g/mol. The Bertz CT molecular complexity index is 694. The van der Waals surface area contributed by atoms with Crippen molar-refractivity contribution in [1.29, 1.82) is 0 Å². The van der Waals surface area contributed by atoms with Gasteiger partial charge in [-0.2, -0.15) is 0 Å². The van der Waals surface area contributed by atoms with Crippen molar-refractivity contribution in [1.82, 2.24) is 4.90 Å². The lowest BCUT2D eigenvalue weighted by molar-refractivity contribution is -0.143. The molecule has 0 aliphatic carbocycles. The SMILES string of the molecule is Cc1cccc(C(c2sccc2C)N2CCCC(C(=O)O)C2)c1. The minimum Gasteiger partial charge on any atom is -0.481 e. The first-order chi connectivity index (χ1) is 11.1. The van der Waals surface area contributed by atoms with Crippen LogP contribution in [0.4, 0.5) is 0 Å². The molecule has 2 atom stereocenters. The largest absolute Gasteiger partial charge is 0.481 e. The number of hydrogen-bond donors (Lipinski definition) is 1. The lowest BCUT2D eigenvalue weighted by atomic mass is 9.93. The van der Waals surface area contributed by atoms with E-state index in [9.17, 15) is 9.90 Å². The van der Waals surface area contributed by atoms with Gasteiger partial charge in [0.15, 0.2) is 0 Å². The molecule has 3 nitrogen and oxygen atoms in total. The van der Waals surface area contributed by atoms with Crippen LogP contribution in [0.5, 0.6) is 0 Å². The summed E-state index contributed by atoms with van der Waals surface area (Å²) in [6.07, 6.45) is 1.74. The van der Waals surface area contributed by atoms with Crippen molar-refractivity contribution in [2.24, 2.45) is 5.92 Å². The van der Waals surface area contributed by atoms with E-state index in [0.717, 1.165) is 19.4 Å². The van der Waals surface area contributed by atoms with Crippen molar-refractivity contribution in [3.05, 3.63) is 57.3 Å². The smallest absolute Gasteiger partial charge is 0.307 e. The highest BCUT2D eigenvalue weighted by atomic mass is 32.1. The van der Waals surface area contributed by atoms with E-state index < -0.39 is 5.97 Å². The molecule has 2 aromatic rings. The van der Waals surface area contributed by atoms with Gasteiger partial charge in [0, 0.05) is 11.4 Å². The quantitative estimate of drug-likeness (QED) is 0.911. The number of hydrogen-bond acceptors (Lipinski definition) is 3. The number of carbonyl (C=O) groups is 1. The van der Waals surface area contributed by atoms with Gasteiger partial charge in [0.05, 0.1) is 12.0 Å². The van der Waals surface area contributed by atoms with E-state index >= 15 is 0 Å². The number of carboxylic acids is 1. The highest BCUT2D eigenvalue weighted by molar-refractivity contribution is 7.10. The van der Waals surface area contributed by atoms with Crippen molar-refractivity contribution in [3.8, 4) is 0 Å². The number of carboxylic acid groups (broad SMARTS) is 1. The Hall–Kier alpha value is -1.65. The topological polar surface area (TPSA) is 40.5 Å². The Morgan fingerprint density at radius 3 is 2.83 bits per heavy atom. The molecule has 1 aromatic carbocycles. The molecule has 3 rings (SSSR count). The maximum atomic E-state index is 11.4. The molecule has 1 aliphatic rings. The third kappa shape index (κ3) is 3.48. The van der Waals surface area contributed by atoms with Gasteiger partial charge < -0.3 is 5.11 Å². The molecule has 1 fully saturated rings. The predicted octanol–water partition coefficient (Wildman–Crippen LogP) is 4.25. The first kappa shape index (κ1) is 16.2. The van der Waals surface area contributed by atoms with Crippen LogP contribution < -0.4 is 0 Å². The minimum absolute atomic E-state index is 0.164. The lowest BCUT2D eigenvalue weighted by Gasteiger charge is -2.37. The van der Waals surface area contributed by atoms with E-state index in [1.807, 2.05) is 0 Å². The third-order valence-electron chi connectivity index (χ3n) is 4.68. The van der Waals surface area contributed by atoms with E-state index in [2.05, 4.69) is 54.5 Å². The van der Waals surface area contributed by atoms with Crippen LogP contribution in [0.25, 0.3) is 0 Å². The lowest BCUT2D eigenvalue weighted by Crippen LogP contribution is -2.41. The Kier molecular flexibility index (Phi) is 4.83. The summed E-state index contributed by atoms with van der Waals surface area (Å²) in [4.78, 5) is 15.1. The van der Waals surface area contributed by atoms with Gasteiger partial charge in [-0.3, -0.25) is 9.69 Å². The molecule has 0 spiro atoms. The molecule has 0 saturated carbocycles. The molecule has 2 heterocycles. The summed E-state index contributed by atoms with van der Waals surface area (Å²) in [5, 5.41) is 11.5. The first-order valence-electron chi connectivity index (χ1n) is 8.13. The Morgan fingerprint density at radius 2 is 2.17 bits per heavy atom. The van der Waals surface area contributed by atoms with Gasteiger partial charge in [-0.1, -0.05) is 29.8 Å². The van der Waals surface area contributed by atoms with Gasteiger partial charge in [0.1, 0.15) is 0 Å². The highest BCUT2D eigenvalue weighted by Gasteiger charge is 2.32. The number of piperidine rings is 1. The van der Waals surface area contributed by atoms with Crippen LogP contribution in [0.3, 0.4) is 0 Å². The van der Waals surface area contributed by atoms with Gasteiger partial charge in [0.2, 0.25) is 0 Å². The van der Waals surface area contributed by atoms with E-state index in [-0.39, 0.29) is 12.0 Å². The summed E-state index contributed by atoms with van der Waals surface area (Å²) in [6.45, 7) is 5.84. The number of aryl methyl sites for hydroxylation is 2. The van der Waals surface area contributed by atoms with E-state index in [1.54, 1.807) is 11.3 Å². The molecular weight excluding hydrogens is 306 g/mol. The summed E-state index contributed by atoms with van der Waals surface area (Å²) in [5.41, 5.74) is 3.80. The van der Waals surface area contributed by atoms with Crippen LogP contribution >= 0.6 is 11.3 Å². The molecule has 1 saturated heterocycles. The van der Waals surface area contributed by atoms with Crippen LogP contribution in [-0.4, -0.2) is 29.1 Å². The van der Waals surface area contributed by atoms with Crippen LogP contribution in [0.15, 0.2) is 35.7 Å². The zero-order chi connectivity index (χ0) is 16.4. The fourth-order valence-electron chi connectivity index (χ4n) is 3.48. The molecule has 1 aliphatic heterocycles. The number of thiophene rings is 1. The molecule has 1 N–H and O–H groups in total. The second-order valence-corrected chi connectivity index (χ2v) is 7.40. The predicted molar refractivity (Wildman–Crippen MR) is 94.0 cm³/mol. The Morgan fingerprint density at radius 1 is 1.35 bits per heavy atom. The second-order valence-electron chi connectivity index (χ2n) is 6.46. The molecule has 4 heteroatoms. The summed E-state index contributed by atoms with van der Waals surface area (Å²) in [7, 11) is 0. The summed E-state index contributed by atoms with van der Waals surface area (Å²) in [6, 6.07) is 10.9. The number of likely N-dealkylation sites (tertiary alicyclic amines) is 1. The van der Waals surface area contributed by atoms with Crippen molar-refractivity contribution < 1.29 is 9.90 Å². The fraction of sp³-hybridized carbons (Fsp3) is 0.421. The number of rotatable bonds is 4. The number of nitrogens with zero attached hydrogens (tertiary/aromatic N) is 1. The monoisotopic (exact) mass is 329 g/mol. The van der Waals surface area contributed by atoms with Crippen LogP contribution in [0, 0.1) is 19.8 Å². The van der Waals surface area contributed by atoms with Crippen molar-refractivity contribution in [2.45, 2.75) is 32.7 Å². The van der Waals surface area contributed by atoms with Gasteiger partial charge in [-0.05, 0) is 55.8 Å². The fourth-order valence-corrected chi connectivity index (χ4v) is 4.56. The van der Waals surface area contributed by atoms with E-state index in [0.29, 0.717) is 6.54 Å². The maximum Gasteiger partial charge on any atom is 0.307 e. The zero-order valence-corrected chi connectivity index (χ0v) is 14.5. The van der Waals surface area contributed by atoms with Crippen LogP contribution in [-0.2, 0) is 4.79 Å². The van der Waals surface area contributed by atoms with Crippen molar-refractivity contribution in [2.75, 3.05) is 13.1 Å². The van der Waals surface area contributed by atoms with Crippen LogP contribution in [0.2, 0.25) is 0 Å². The number of benzene rings is 1. The molecule has 23 heavy (non-hydrogen) atoms. The van der Waals surface area contributed by atoms with Gasteiger partial charge >= 0.3 is 5.97 Å². The zero-order valence-electron chi connectivity index (χ0n) is 13.7. The van der Waals surface area contributed by atoms with Gasteiger partial charge in [-0.15, -0.1) is 11.3 Å².